The summed E-state index contributed by atoms with van der Waals surface area (Å²) in [7, 11) is 0. The van der Waals surface area contributed by atoms with Crippen molar-refractivity contribution in [3.63, 3.8) is 0 Å². The lowest BCUT2D eigenvalue weighted by Gasteiger charge is -2.15. The van der Waals surface area contributed by atoms with Crippen LogP contribution in [0.15, 0.2) is 12.2 Å². The van der Waals surface area contributed by atoms with E-state index in [1.54, 1.807) is 0 Å². The molecule has 0 aliphatic rings. The molecule has 0 aliphatic carbocycles. The maximum absolute atomic E-state index is 12.2. The average Bonchev–Trinajstić information content (AvgIpc) is 2.58. The van der Waals surface area contributed by atoms with E-state index in [9.17, 15) is 9.59 Å². The van der Waals surface area contributed by atoms with E-state index in [0.717, 1.165) is 0 Å². The van der Waals surface area contributed by atoms with Gasteiger partial charge in [-0.05, 0) is 13.3 Å². The number of aliphatic hydroxyl groups excluding tert-OH is 2. The molecule has 0 aromatic rings. The molecule has 0 fully saturated rings. The first-order valence-corrected chi connectivity index (χ1v) is 8.18. The van der Waals surface area contributed by atoms with E-state index in [4.69, 9.17) is 19.7 Å². The highest BCUT2D eigenvalue weighted by Gasteiger charge is 2.20. The number of hydrogen-bond donors (Lipinski definition) is 4. The molecule has 1 atom stereocenters. The Hall–Kier alpha value is -1.48. The Labute approximate surface area is 143 Å². The standard InChI is InChI=1S/C16H30N2O6/c1-2-3-4-14(16(22)18-6-10-24-12-8-20)13-15(21)17-5-9-23-11-7-19/h2-3,14,19-20H,4-13H2,1H3,(H,17,21)(H,18,22)/b3-2+. The van der Waals surface area contributed by atoms with Crippen LogP contribution in [-0.2, 0) is 19.1 Å². The molecule has 2 amide bonds. The van der Waals surface area contributed by atoms with Gasteiger partial charge in [-0.1, -0.05) is 12.2 Å². The second-order valence-corrected chi connectivity index (χ2v) is 5.02. The molecule has 0 aliphatic heterocycles. The number of amides is 2. The van der Waals surface area contributed by atoms with E-state index in [0.29, 0.717) is 32.7 Å². The highest BCUT2D eigenvalue weighted by atomic mass is 16.5. The quantitative estimate of drug-likeness (QED) is 0.228. The van der Waals surface area contributed by atoms with Crippen LogP contribution in [0.3, 0.4) is 0 Å². The molecular weight excluding hydrogens is 316 g/mol. The average molecular weight is 346 g/mol. The first-order valence-electron chi connectivity index (χ1n) is 8.18. The Morgan fingerprint density at radius 1 is 1.00 bits per heavy atom. The summed E-state index contributed by atoms with van der Waals surface area (Å²) in [6, 6.07) is 0. The third-order valence-electron chi connectivity index (χ3n) is 3.04. The van der Waals surface area contributed by atoms with Crippen molar-refractivity contribution in [3.8, 4) is 0 Å². The summed E-state index contributed by atoms with van der Waals surface area (Å²) >= 11 is 0. The van der Waals surface area contributed by atoms with Gasteiger partial charge in [-0.15, -0.1) is 0 Å². The van der Waals surface area contributed by atoms with Gasteiger partial charge in [0.1, 0.15) is 0 Å². The number of carbonyl (C=O) groups is 2. The molecule has 0 spiro atoms. The molecule has 0 aromatic carbocycles. The monoisotopic (exact) mass is 346 g/mol. The van der Waals surface area contributed by atoms with Crippen molar-refractivity contribution < 1.29 is 29.3 Å². The Morgan fingerprint density at radius 2 is 1.58 bits per heavy atom. The number of carbonyl (C=O) groups excluding carboxylic acids is 2. The molecule has 0 aromatic heterocycles. The number of nitrogens with one attached hydrogen (secondary N) is 2. The van der Waals surface area contributed by atoms with Gasteiger partial charge in [0.2, 0.25) is 11.8 Å². The molecule has 0 saturated carbocycles. The van der Waals surface area contributed by atoms with Crippen molar-refractivity contribution in [3.05, 3.63) is 12.2 Å². The van der Waals surface area contributed by atoms with Gasteiger partial charge in [0.25, 0.3) is 0 Å². The molecule has 0 bridgehead atoms. The van der Waals surface area contributed by atoms with Crippen molar-refractivity contribution in [2.75, 3.05) is 52.7 Å². The van der Waals surface area contributed by atoms with Crippen LogP contribution < -0.4 is 10.6 Å². The number of allylic oxidation sites excluding steroid dienone is 2. The molecule has 0 rings (SSSR count). The predicted octanol–water partition coefficient (Wildman–Crippen LogP) is -0.791. The zero-order chi connectivity index (χ0) is 18.0. The van der Waals surface area contributed by atoms with Crippen LogP contribution in [0.5, 0.6) is 0 Å². The summed E-state index contributed by atoms with van der Waals surface area (Å²) in [6.07, 6.45) is 4.26. The lowest BCUT2D eigenvalue weighted by molar-refractivity contribution is -0.130. The second-order valence-electron chi connectivity index (χ2n) is 5.02. The van der Waals surface area contributed by atoms with E-state index in [1.807, 2.05) is 19.1 Å². The zero-order valence-corrected chi connectivity index (χ0v) is 14.3. The van der Waals surface area contributed by atoms with Gasteiger partial charge in [-0.2, -0.15) is 0 Å². The number of ether oxygens (including phenoxy) is 2. The fraction of sp³-hybridized carbons (Fsp3) is 0.750. The molecule has 4 N–H and O–H groups in total. The van der Waals surface area contributed by atoms with Crippen molar-refractivity contribution in [1.29, 1.82) is 0 Å². The van der Waals surface area contributed by atoms with Gasteiger partial charge in [0.05, 0.1) is 45.6 Å². The number of aliphatic hydroxyl groups is 2. The highest BCUT2D eigenvalue weighted by molar-refractivity contribution is 5.85. The van der Waals surface area contributed by atoms with Crippen molar-refractivity contribution in [2.24, 2.45) is 5.92 Å². The van der Waals surface area contributed by atoms with Gasteiger partial charge >= 0.3 is 0 Å². The summed E-state index contributed by atoms with van der Waals surface area (Å²) in [6.45, 7) is 3.53. The minimum Gasteiger partial charge on any atom is -0.394 e. The molecule has 0 saturated heterocycles. The van der Waals surface area contributed by atoms with Crippen LogP contribution in [0.2, 0.25) is 0 Å². The Kier molecular flexibility index (Phi) is 15.4. The third kappa shape index (κ3) is 13.0. The first kappa shape index (κ1) is 22.5. The maximum atomic E-state index is 12.2. The van der Waals surface area contributed by atoms with Crippen molar-refractivity contribution in [1.82, 2.24) is 10.6 Å². The SMILES string of the molecule is C/C=C/CC(CC(=O)NCCOCCO)C(=O)NCCOCCO. The summed E-state index contributed by atoms with van der Waals surface area (Å²) in [5.74, 6) is -0.867. The zero-order valence-electron chi connectivity index (χ0n) is 14.3. The van der Waals surface area contributed by atoms with Crippen LogP contribution in [0.4, 0.5) is 0 Å². The lowest BCUT2D eigenvalue weighted by Crippen LogP contribution is -2.37. The summed E-state index contributed by atoms with van der Waals surface area (Å²) in [4.78, 5) is 24.0. The molecule has 8 nitrogen and oxygen atoms in total. The van der Waals surface area contributed by atoms with Crippen molar-refractivity contribution in [2.45, 2.75) is 19.8 Å². The van der Waals surface area contributed by atoms with Crippen LogP contribution in [0.1, 0.15) is 19.8 Å². The van der Waals surface area contributed by atoms with Crippen LogP contribution in [0, 0.1) is 5.92 Å². The van der Waals surface area contributed by atoms with E-state index >= 15 is 0 Å². The van der Waals surface area contributed by atoms with Gasteiger partial charge < -0.3 is 30.3 Å². The largest absolute Gasteiger partial charge is 0.394 e. The lowest BCUT2D eigenvalue weighted by atomic mass is 9.99. The van der Waals surface area contributed by atoms with Crippen LogP contribution in [0.25, 0.3) is 0 Å². The third-order valence-corrected chi connectivity index (χ3v) is 3.04. The predicted molar refractivity (Wildman–Crippen MR) is 89.4 cm³/mol. The van der Waals surface area contributed by atoms with Crippen LogP contribution >= 0.6 is 0 Å². The minimum absolute atomic E-state index is 0.0540. The fourth-order valence-electron chi connectivity index (χ4n) is 1.87. The van der Waals surface area contributed by atoms with Crippen molar-refractivity contribution >= 4 is 11.8 Å². The van der Waals surface area contributed by atoms with Gasteiger partial charge in [-0.25, -0.2) is 0 Å². The van der Waals surface area contributed by atoms with E-state index in [1.165, 1.54) is 0 Å². The topological polar surface area (TPSA) is 117 Å². The molecular formula is C16H30N2O6. The van der Waals surface area contributed by atoms with Gasteiger partial charge in [0.15, 0.2) is 0 Å². The summed E-state index contributed by atoms with van der Waals surface area (Å²) < 4.78 is 10.1. The second kappa shape index (κ2) is 16.4. The Morgan fingerprint density at radius 3 is 2.12 bits per heavy atom. The summed E-state index contributed by atoms with van der Waals surface area (Å²) in [5.41, 5.74) is 0. The van der Waals surface area contributed by atoms with E-state index in [2.05, 4.69) is 10.6 Å². The van der Waals surface area contributed by atoms with E-state index in [-0.39, 0.29) is 44.7 Å². The molecule has 0 heterocycles. The molecule has 140 valence electrons. The summed E-state index contributed by atoms with van der Waals surface area (Å²) in [5, 5.41) is 22.6. The molecule has 1 unspecified atom stereocenters. The first-order chi connectivity index (χ1) is 11.7. The fourth-order valence-corrected chi connectivity index (χ4v) is 1.87. The normalized spacial score (nSPS) is 12.3. The minimum atomic E-state index is -0.447. The maximum Gasteiger partial charge on any atom is 0.224 e. The molecule has 8 heteroatoms. The highest BCUT2D eigenvalue weighted by Crippen LogP contribution is 2.10. The van der Waals surface area contributed by atoms with Gasteiger partial charge in [-0.3, -0.25) is 9.59 Å². The van der Waals surface area contributed by atoms with Crippen LogP contribution in [-0.4, -0.2) is 74.8 Å². The smallest absolute Gasteiger partial charge is 0.224 e. The number of hydrogen-bond acceptors (Lipinski definition) is 6. The van der Waals surface area contributed by atoms with Gasteiger partial charge in [0, 0.05) is 19.5 Å². The Bertz CT molecular complexity index is 362. The Balaban J connectivity index is 4.13. The number of rotatable bonds is 15. The molecule has 0 radical (unpaired) electrons. The van der Waals surface area contributed by atoms with E-state index < -0.39 is 5.92 Å². The molecule has 24 heavy (non-hydrogen) atoms.